The maximum Gasteiger partial charge on any atom is 0.259 e. The van der Waals surface area contributed by atoms with Gasteiger partial charge in [-0.25, -0.2) is 13.6 Å². The van der Waals surface area contributed by atoms with Crippen LogP contribution in [0, 0.1) is 0 Å². The number of methoxy groups -OCH3 is 2. The number of amides is 1. The minimum atomic E-state index is -3.91. The van der Waals surface area contributed by atoms with Crippen molar-refractivity contribution >= 4 is 37.5 Å². The highest BCUT2D eigenvalue weighted by atomic mass is 79.9. The Balaban J connectivity index is 2.44. The summed E-state index contributed by atoms with van der Waals surface area (Å²) in [6.07, 6.45) is 0. The normalized spacial score (nSPS) is 11.1. The van der Waals surface area contributed by atoms with Crippen molar-refractivity contribution in [2.24, 2.45) is 5.14 Å². The predicted octanol–water partition coefficient (Wildman–Crippen LogP) is 2.39. The number of primary sulfonamides is 1. The quantitative estimate of drug-likeness (QED) is 0.787. The molecule has 0 saturated carbocycles. The second-order valence-corrected chi connectivity index (χ2v) is 7.51. The van der Waals surface area contributed by atoms with Gasteiger partial charge in [-0.3, -0.25) is 4.79 Å². The molecule has 25 heavy (non-hydrogen) atoms. The van der Waals surface area contributed by atoms with Crippen molar-refractivity contribution < 1.29 is 22.7 Å². The summed E-state index contributed by atoms with van der Waals surface area (Å²) in [5, 5.41) is 5.13. The van der Waals surface area contributed by atoms with Crippen LogP contribution in [0.5, 0.6) is 11.5 Å². The SMILES string of the molecule is COc1ccc(N(C)C(=O)c2cc(S(N)(=O)=O)ccc2Br)cc1OC. The number of benzene rings is 2. The van der Waals surface area contributed by atoms with Gasteiger partial charge >= 0.3 is 0 Å². The van der Waals surface area contributed by atoms with E-state index < -0.39 is 15.9 Å². The molecule has 2 N–H and O–H groups in total. The van der Waals surface area contributed by atoms with Gasteiger partial charge in [-0.05, 0) is 46.3 Å². The fourth-order valence-corrected chi connectivity index (χ4v) is 3.13. The number of halogens is 1. The molecule has 2 aromatic rings. The van der Waals surface area contributed by atoms with Gasteiger partial charge in [-0.1, -0.05) is 0 Å². The van der Waals surface area contributed by atoms with Crippen molar-refractivity contribution in [3.63, 3.8) is 0 Å². The van der Waals surface area contributed by atoms with E-state index in [4.69, 9.17) is 14.6 Å². The second-order valence-electron chi connectivity index (χ2n) is 5.09. The van der Waals surface area contributed by atoms with E-state index in [9.17, 15) is 13.2 Å². The van der Waals surface area contributed by atoms with Crippen LogP contribution in [0.25, 0.3) is 0 Å². The molecule has 0 heterocycles. The molecule has 0 fully saturated rings. The van der Waals surface area contributed by atoms with Gasteiger partial charge in [-0.2, -0.15) is 0 Å². The number of hydrogen-bond acceptors (Lipinski definition) is 5. The molecule has 7 nitrogen and oxygen atoms in total. The molecule has 0 saturated heterocycles. The maximum absolute atomic E-state index is 12.8. The first kappa shape index (κ1) is 19.2. The van der Waals surface area contributed by atoms with Crippen LogP contribution < -0.4 is 19.5 Å². The van der Waals surface area contributed by atoms with Gasteiger partial charge in [-0.15, -0.1) is 0 Å². The van der Waals surface area contributed by atoms with Crippen molar-refractivity contribution in [2.45, 2.75) is 4.90 Å². The Bertz CT molecular complexity index is 915. The van der Waals surface area contributed by atoms with E-state index in [1.54, 1.807) is 25.2 Å². The molecule has 0 aliphatic heterocycles. The highest BCUT2D eigenvalue weighted by Crippen LogP contribution is 2.32. The molecule has 0 bridgehead atoms. The zero-order valence-electron chi connectivity index (χ0n) is 13.8. The van der Waals surface area contributed by atoms with E-state index in [0.717, 1.165) is 0 Å². The van der Waals surface area contributed by atoms with E-state index in [1.165, 1.54) is 37.3 Å². The Morgan fingerprint density at radius 1 is 1.08 bits per heavy atom. The molecular formula is C16H17BrN2O5S. The van der Waals surface area contributed by atoms with Crippen LogP contribution in [-0.2, 0) is 10.0 Å². The Labute approximate surface area is 154 Å². The van der Waals surface area contributed by atoms with Crippen LogP contribution in [0.2, 0.25) is 0 Å². The minimum Gasteiger partial charge on any atom is -0.493 e. The highest BCUT2D eigenvalue weighted by Gasteiger charge is 2.20. The monoisotopic (exact) mass is 428 g/mol. The molecule has 2 aromatic carbocycles. The van der Waals surface area contributed by atoms with Gasteiger partial charge in [0.1, 0.15) is 0 Å². The molecule has 0 aromatic heterocycles. The number of hydrogen-bond donors (Lipinski definition) is 1. The van der Waals surface area contributed by atoms with Gasteiger partial charge < -0.3 is 14.4 Å². The topological polar surface area (TPSA) is 98.9 Å². The van der Waals surface area contributed by atoms with Crippen LogP contribution in [0.3, 0.4) is 0 Å². The third-order valence-electron chi connectivity index (χ3n) is 3.56. The van der Waals surface area contributed by atoms with Crippen LogP contribution in [0.15, 0.2) is 45.8 Å². The lowest BCUT2D eigenvalue weighted by Gasteiger charge is -2.20. The molecular weight excluding hydrogens is 412 g/mol. The summed E-state index contributed by atoms with van der Waals surface area (Å²) in [7, 11) is 0.667. The number of rotatable bonds is 5. The number of ether oxygens (including phenoxy) is 2. The van der Waals surface area contributed by atoms with Crippen LogP contribution in [-0.4, -0.2) is 35.6 Å². The summed E-state index contributed by atoms with van der Waals surface area (Å²) >= 11 is 3.26. The van der Waals surface area contributed by atoms with E-state index in [-0.39, 0.29) is 10.5 Å². The van der Waals surface area contributed by atoms with Gasteiger partial charge in [0.15, 0.2) is 11.5 Å². The molecule has 0 radical (unpaired) electrons. The summed E-state index contributed by atoms with van der Waals surface area (Å²) in [5.41, 5.74) is 0.722. The highest BCUT2D eigenvalue weighted by molar-refractivity contribution is 9.10. The summed E-state index contributed by atoms with van der Waals surface area (Å²) in [6, 6.07) is 9.04. The molecule has 0 aliphatic carbocycles. The number of nitrogens with zero attached hydrogens (tertiary/aromatic N) is 1. The van der Waals surface area contributed by atoms with Crippen LogP contribution in [0.1, 0.15) is 10.4 Å². The lowest BCUT2D eigenvalue weighted by atomic mass is 10.2. The average Bonchev–Trinajstić information content (AvgIpc) is 2.59. The van der Waals surface area contributed by atoms with Crippen molar-refractivity contribution in [3.8, 4) is 11.5 Å². The number of nitrogens with two attached hydrogens (primary N) is 1. The lowest BCUT2D eigenvalue weighted by molar-refractivity contribution is 0.0992. The van der Waals surface area contributed by atoms with Crippen LogP contribution in [0.4, 0.5) is 5.69 Å². The van der Waals surface area contributed by atoms with Crippen molar-refractivity contribution in [2.75, 3.05) is 26.2 Å². The molecule has 0 spiro atoms. The van der Waals surface area contributed by atoms with Gasteiger partial charge in [0.05, 0.1) is 24.7 Å². The van der Waals surface area contributed by atoms with Crippen molar-refractivity contribution in [1.82, 2.24) is 0 Å². The third-order valence-corrected chi connectivity index (χ3v) is 5.16. The summed E-state index contributed by atoms with van der Waals surface area (Å²) in [5.74, 6) is 0.589. The zero-order chi connectivity index (χ0) is 18.8. The molecule has 1 amide bonds. The first-order valence-electron chi connectivity index (χ1n) is 7.01. The minimum absolute atomic E-state index is 0.139. The molecule has 2 rings (SSSR count). The molecule has 0 unspecified atom stereocenters. The van der Waals surface area contributed by atoms with Crippen molar-refractivity contribution in [1.29, 1.82) is 0 Å². The maximum atomic E-state index is 12.8. The molecule has 0 aliphatic rings. The first-order chi connectivity index (χ1) is 11.7. The average molecular weight is 429 g/mol. The fraction of sp³-hybridized carbons (Fsp3) is 0.188. The zero-order valence-corrected chi connectivity index (χ0v) is 16.2. The molecule has 9 heteroatoms. The Morgan fingerprint density at radius 3 is 2.28 bits per heavy atom. The standard InChI is InChI=1S/C16H17BrN2O5S/c1-19(10-4-7-14(23-2)15(8-10)24-3)16(20)12-9-11(25(18,21)22)5-6-13(12)17/h4-9H,1-3H3,(H2,18,21,22). The number of sulfonamides is 1. The van der Waals surface area contributed by atoms with Crippen LogP contribution >= 0.6 is 15.9 Å². The summed E-state index contributed by atoms with van der Waals surface area (Å²) in [6.45, 7) is 0. The second kappa shape index (κ2) is 7.42. The molecule has 134 valence electrons. The number of carbonyl (C=O) groups excluding carboxylic acids is 1. The third kappa shape index (κ3) is 4.12. The summed E-state index contributed by atoms with van der Waals surface area (Å²) in [4.78, 5) is 14.0. The van der Waals surface area contributed by atoms with E-state index in [0.29, 0.717) is 21.7 Å². The molecule has 0 atom stereocenters. The van der Waals surface area contributed by atoms with E-state index >= 15 is 0 Å². The van der Waals surface area contributed by atoms with E-state index in [2.05, 4.69) is 15.9 Å². The van der Waals surface area contributed by atoms with Gasteiger partial charge in [0.2, 0.25) is 10.0 Å². The lowest BCUT2D eigenvalue weighted by Crippen LogP contribution is -2.27. The number of carbonyl (C=O) groups is 1. The smallest absolute Gasteiger partial charge is 0.259 e. The predicted molar refractivity (Wildman–Crippen MR) is 97.8 cm³/mol. The largest absolute Gasteiger partial charge is 0.493 e. The van der Waals surface area contributed by atoms with Gasteiger partial charge in [0.25, 0.3) is 5.91 Å². The first-order valence-corrected chi connectivity index (χ1v) is 9.35. The number of anilines is 1. The van der Waals surface area contributed by atoms with Crippen molar-refractivity contribution in [3.05, 3.63) is 46.4 Å². The van der Waals surface area contributed by atoms with E-state index in [1.807, 2.05) is 0 Å². The fourth-order valence-electron chi connectivity index (χ4n) is 2.18. The Hall–Kier alpha value is -2.10. The summed E-state index contributed by atoms with van der Waals surface area (Å²) < 4.78 is 33.9. The van der Waals surface area contributed by atoms with Gasteiger partial charge in [0, 0.05) is 23.3 Å². The Morgan fingerprint density at radius 2 is 1.72 bits per heavy atom. The Kier molecular flexibility index (Phi) is 5.71.